The molecule has 0 unspecified atom stereocenters. The second-order valence-electron chi connectivity index (χ2n) is 7.12. The Labute approximate surface area is 183 Å². The Morgan fingerprint density at radius 2 is 1.48 bits per heavy atom. The van der Waals surface area contributed by atoms with Crippen LogP contribution in [0, 0.1) is 6.92 Å². The predicted octanol–water partition coefficient (Wildman–Crippen LogP) is 5.27. The fraction of sp³-hybridized carbons (Fsp3) is 0.190. The van der Waals surface area contributed by atoms with Crippen LogP contribution in [0.5, 0.6) is 0 Å². The molecule has 0 aliphatic rings. The molecule has 0 aliphatic carbocycles. The lowest BCUT2D eigenvalue weighted by atomic mass is 10.0. The lowest BCUT2D eigenvalue weighted by Gasteiger charge is -2.15. The van der Waals surface area contributed by atoms with Crippen LogP contribution in [0.3, 0.4) is 0 Å². The fourth-order valence-corrected chi connectivity index (χ4v) is 2.89. The van der Waals surface area contributed by atoms with Gasteiger partial charge < -0.3 is 15.2 Å². The van der Waals surface area contributed by atoms with Gasteiger partial charge in [-0.2, -0.15) is 26.3 Å². The van der Waals surface area contributed by atoms with Crippen molar-refractivity contribution in [2.24, 2.45) is 7.05 Å². The van der Waals surface area contributed by atoms with E-state index in [0.717, 1.165) is 0 Å². The van der Waals surface area contributed by atoms with Crippen LogP contribution < -0.4 is 10.6 Å². The molecule has 2 amide bonds. The number of rotatable bonds is 4. The van der Waals surface area contributed by atoms with Gasteiger partial charge in [-0.05, 0) is 42.8 Å². The Kier molecular flexibility index (Phi) is 6.21. The quantitative estimate of drug-likeness (QED) is 0.510. The number of hydrogen-bond donors (Lipinski definition) is 2. The number of aryl methyl sites for hydroxylation is 2. The van der Waals surface area contributed by atoms with Gasteiger partial charge in [-0.15, -0.1) is 0 Å². The molecule has 0 radical (unpaired) electrons. The maximum Gasteiger partial charge on any atom is 0.416 e. The van der Waals surface area contributed by atoms with Gasteiger partial charge >= 0.3 is 12.4 Å². The van der Waals surface area contributed by atoms with Crippen molar-refractivity contribution in [2.75, 3.05) is 10.6 Å². The standard InChI is InChI=1S/C21H16F6N4O2/c1-11-3-4-15(8-16(11)30-19(33)17-9-28-10-31(17)2)29-18(32)12-5-13(20(22,23)24)7-14(6-12)21(25,26)27/h3-10H,1-2H3,(H,29,32)(H,30,33). The first-order valence-electron chi connectivity index (χ1n) is 9.25. The molecule has 6 nitrogen and oxygen atoms in total. The molecule has 0 bridgehead atoms. The van der Waals surface area contributed by atoms with Crippen molar-refractivity contribution in [1.82, 2.24) is 9.55 Å². The highest BCUT2D eigenvalue weighted by Crippen LogP contribution is 2.36. The number of carbonyl (C=O) groups excluding carboxylic acids is 2. The average molecular weight is 470 g/mol. The molecule has 0 saturated heterocycles. The molecule has 2 aromatic carbocycles. The van der Waals surface area contributed by atoms with Crippen LogP contribution in [0.15, 0.2) is 48.9 Å². The fourth-order valence-electron chi connectivity index (χ4n) is 2.89. The third-order valence-electron chi connectivity index (χ3n) is 4.64. The molecule has 174 valence electrons. The van der Waals surface area contributed by atoms with Gasteiger partial charge in [-0.25, -0.2) is 4.98 Å². The summed E-state index contributed by atoms with van der Waals surface area (Å²) in [5.74, 6) is -1.69. The topological polar surface area (TPSA) is 76.0 Å². The van der Waals surface area contributed by atoms with Gasteiger partial charge in [0.1, 0.15) is 5.69 Å². The van der Waals surface area contributed by atoms with E-state index in [4.69, 9.17) is 0 Å². The predicted molar refractivity (Wildman–Crippen MR) is 107 cm³/mol. The molecule has 12 heteroatoms. The zero-order valence-corrected chi connectivity index (χ0v) is 17.1. The van der Waals surface area contributed by atoms with Crippen molar-refractivity contribution >= 4 is 23.2 Å². The molecule has 3 aromatic rings. The third-order valence-corrected chi connectivity index (χ3v) is 4.64. The van der Waals surface area contributed by atoms with Crippen molar-refractivity contribution in [1.29, 1.82) is 0 Å². The van der Waals surface area contributed by atoms with Crippen LogP contribution in [0.25, 0.3) is 0 Å². The Bertz CT molecular complexity index is 1180. The number of aromatic nitrogens is 2. The number of halogens is 6. The van der Waals surface area contributed by atoms with Crippen LogP contribution in [0.1, 0.15) is 37.5 Å². The summed E-state index contributed by atoms with van der Waals surface area (Å²) >= 11 is 0. The van der Waals surface area contributed by atoms with Crippen LogP contribution in [0.2, 0.25) is 0 Å². The number of amides is 2. The summed E-state index contributed by atoms with van der Waals surface area (Å²) in [6, 6.07) is 4.86. The van der Waals surface area contributed by atoms with Crippen LogP contribution >= 0.6 is 0 Å². The smallest absolute Gasteiger partial charge is 0.330 e. The molecule has 0 spiro atoms. The number of carbonyl (C=O) groups is 2. The number of hydrogen-bond acceptors (Lipinski definition) is 3. The van der Waals surface area contributed by atoms with Gasteiger partial charge in [-0.1, -0.05) is 6.07 Å². The number of alkyl halides is 6. The molecule has 1 heterocycles. The van der Waals surface area contributed by atoms with E-state index in [0.29, 0.717) is 17.7 Å². The Morgan fingerprint density at radius 3 is 2.00 bits per heavy atom. The second-order valence-corrected chi connectivity index (χ2v) is 7.12. The third kappa shape index (κ3) is 5.51. The monoisotopic (exact) mass is 470 g/mol. The summed E-state index contributed by atoms with van der Waals surface area (Å²) in [6.45, 7) is 1.66. The van der Waals surface area contributed by atoms with E-state index in [9.17, 15) is 35.9 Å². The van der Waals surface area contributed by atoms with Gasteiger partial charge in [0, 0.05) is 24.0 Å². The van der Waals surface area contributed by atoms with Crippen molar-refractivity contribution in [3.05, 3.63) is 76.9 Å². The van der Waals surface area contributed by atoms with Crippen molar-refractivity contribution in [3.63, 3.8) is 0 Å². The number of imidazole rings is 1. The van der Waals surface area contributed by atoms with Gasteiger partial charge in [0.15, 0.2) is 0 Å². The summed E-state index contributed by atoms with van der Waals surface area (Å²) in [6.07, 6.45) is -7.41. The summed E-state index contributed by atoms with van der Waals surface area (Å²) in [5, 5.41) is 4.88. The lowest BCUT2D eigenvalue weighted by molar-refractivity contribution is -0.143. The van der Waals surface area contributed by atoms with Crippen LogP contribution in [-0.2, 0) is 19.4 Å². The van der Waals surface area contributed by atoms with Crippen molar-refractivity contribution < 1.29 is 35.9 Å². The van der Waals surface area contributed by atoms with Crippen LogP contribution in [-0.4, -0.2) is 21.4 Å². The lowest BCUT2D eigenvalue weighted by Crippen LogP contribution is -2.18. The summed E-state index contributed by atoms with van der Waals surface area (Å²) in [4.78, 5) is 28.7. The van der Waals surface area contributed by atoms with E-state index < -0.39 is 40.9 Å². The van der Waals surface area contributed by atoms with E-state index in [1.165, 1.54) is 35.3 Å². The average Bonchev–Trinajstić information content (AvgIpc) is 3.15. The van der Waals surface area contributed by atoms with Crippen molar-refractivity contribution in [3.8, 4) is 0 Å². The molecule has 3 rings (SSSR count). The highest BCUT2D eigenvalue weighted by molar-refractivity contribution is 6.06. The highest BCUT2D eigenvalue weighted by atomic mass is 19.4. The molecule has 0 atom stereocenters. The first kappa shape index (κ1) is 23.8. The molecule has 0 aliphatic heterocycles. The summed E-state index contributed by atoms with van der Waals surface area (Å²) < 4.78 is 79.7. The minimum atomic E-state index is -5.08. The Hall–Kier alpha value is -3.83. The minimum absolute atomic E-state index is 0.0527. The van der Waals surface area contributed by atoms with E-state index in [-0.39, 0.29) is 23.1 Å². The second kappa shape index (κ2) is 8.60. The van der Waals surface area contributed by atoms with Gasteiger partial charge in [0.25, 0.3) is 11.8 Å². The maximum atomic E-state index is 13.0. The molecule has 33 heavy (non-hydrogen) atoms. The van der Waals surface area contributed by atoms with E-state index in [1.54, 1.807) is 14.0 Å². The number of benzene rings is 2. The number of anilines is 2. The number of nitrogens with zero attached hydrogens (tertiary/aromatic N) is 2. The van der Waals surface area contributed by atoms with Crippen LogP contribution in [0.4, 0.5) is 37.7 Å². The summed E-state index contributed by atoms with van der Waals surface area (Å²) in [7, 11) is 1.61. The van der Waals surface area contributed by atoms with Gasteiger partial charge in [0.05, 0.1) is 23.7 Å². The summed E-state index contributed by atoms with van der Waals surface area (Å²) in [5.41, 5.74) is -2.85. The number of nitrogens with one attached hydrogen (secondary N) is 2. The zero-order valence-electron chi connectivity index (χ0n) is 17.1. The Balaban J connectivity index is 1.88. The maximum absolute atomic E-state index is 13.0. The first-order chi connectivity index (χ1) is 15.3. The molecule has 2 N–H and O–H groups in total. The minimum Gasteiger partial charge on any atom is -0.330 e. The van der Waals surface area contributed by atoms with Gasteiger partial charge in [-0.3, -0.25) is 9.59 Å². The van der Waals surface area contributed by atoms with E-state index in [2.05, 4.69) is 15.6 Å². The molecule has 0 fully saturated rings. The van der Waals surface area contributed by atoms with Gasteiger partial charge in [0.2, 0.25) is 0 Å². The molecule has 0 saturated carbocycles. The molecule has 1 aromatic heterocycles. The van der Waals surface area contributed by atoms with E-state index in [1.807, 2.05) is 0 Å². The molecular formula is C21H16F6N4O2. The largest absolute Gasteiger partial charge is 0.416 e. The first-order valence-corrected chi connectivity index (χ1v) is 9.25. The SMILES string of the molecule is Cc1ccc(NC(=O)c2cc(C(F)(F)F)cc(C(F)(F)F)c2)cc1NC(=O)c1cncn1C. The highest BCUT2D eigenvalue weighted by Gasteiger charge is 2.37. The Morgan fingerprint density at radius 1 is 0.879 bits per heavy atom. The zero-order chi connectivity index (χ0) is 24.6. The molecular weight excluding hydrogens is 454 g/mol. The van der Waals surface area contributed by atoms with Crippen molar-refractivity contribution in [2.45, 2.75) is 19.3 Å². The van der Waals surface area contributed by atoms with E-state index >= 15 is 0 Å². The normalized spacial score (nSPS) is 11.9.